The fourth-order valence-corrected chi connectivity index (χ4v) is 5.11. The number of aliphatic hydroxyl groups is 1. The first-order valence-corrected chi connectivity index (χ1v) is 12.9. The fourth-order valence-electron chi connectivity index (χ4n) is 5.11. The Hall–Kier alpha value is -5.09. The number of hydrogen-bond acceptors (Lipinski definition) is 4. The molecule has 6 rings (SSSR count). The van der Waals surface area contributed by atoms with Gasteiger partial charge in [0.2, 0.25) is 0 Å². The number of carbonyl (C=O) groups excluding carboxylic acids is 1. The van der Waals surface area contributed by atoms with Gasteiger partial charge in [0.15, 0.2) is 5.78 Å². The average Bonchev–Trinajstić information content (AvgIpc) is 2.97. The number of carbonyl (C=O) groups is 1. The number of rotatable bonds is 6. The number of ketones is 1. The number of fused-ring (bicyclic) bond motifs is 2. The van der Waals surface area contributed by atoms with Gasteiger partial charge >= 0.3 is 0 Å². The Kier molecular flexibility index (Phi) is 6.44. The summed E-state index contributed by atoms with van der Waals surface area (Å²) in [6.45, 7) is 1.44. The third kappa shape index (κ3) is 4.80. The molecule has 0 atom stereocenters. The maximum atomic E-state index is 12.2. The van der Waals surface area contributed by atoms with Gasteiger partial charge in [-0.15, -0.1) is 0 Å². The third-order valence-corrected chi connectivity index (χ3v) is 6.87. The second kappa shape index (κ2) is 10.3. The zero-order valence-electron chi connectivity index (χ0n) is 21.5. The van der Waals surface area contributed by atoms with Crippen LogP contribution in [0.15, 0.2) is 133 Å². The Bertz CT molecular complexity index is 1720. The van der Waals surface area contributed by atoms with Crippen LogP contribution in [0.3, 0.4) is 0 Å². The summed E-state index contributed by atoms with van der Waals surface area (Å²) in [5, 5.41) is 15.4. The number of allylic oxidation sites excluding steroid dienone is 2. The molecule has 0 unspecified atom stereocenters. The van der Waals surface area contributed by atoms with Gasteiger partial charge in [0.25, 0.3) is 0 Å². The highest BCUT2D eigenvalue weighted by Gasteiger charge is 2.28. The summed E-state index contributed by atoms with van der Waals surface area (Å²) in [6, 6.07) is 40.1. The van der Waals surface area contributed by atoms with Crippen molar-refractivity contribution >= 4 is 27.3 Å². The van der Waals surface area contributed by atoms with Crippen molar-refractivity contribution in [3.05, 3.63) is 145 Å². The quantitative estimate of drug-likeness (QED) is 0.182. The normalized spacial score (nSPS) is 11.8. The number of aromatic nitrogens is 2. The molecular formula is C35H26N2O2. The van der Waals surface area contributed by atoms with Crippen molar-refractivity contribution in [2.24, 2.45) is 0 Å². The van der Waals surface area contributed by atoms with Crippen LogP contribution in [-0.4, -0.2) is 20.9 Å². The number of hydrogen-bond donors (Lipinski definition) is 1. The molecule has 0 spiro atoms. The van der Waals surface area contributed by atoms with Crippen LogP contribution in [0.5, 0.6) is 0 Å². The standard InChI is InChI=1S/C35H26N2O2/c1-23(38)20-32(39)33(34-28-18-10-8-16-26(28)21-30(36-34)24-12-4-2-5-13-24)35-29-19-11-9-17-27(29)22-31(37-35)25-14-6-3-7-15-25/h2-22,33,39H,1H3. The first kappa shape index (κ1) is 24.3. The topological polar surface area (TPSA) is 63.1 Å². The third-order valence-electron chi connectivity index (χ3n) is 6.87. The fraction of sp³-hybridized carbons (Fsp3) is 0.0571. The molecule has 0 saturated carbocycles. The van der Waals surface area contributed by atoms with Crippen LogP contribution < -0.4 is 0 Å². The molecule has 0 bridgehead atoms. The van der Waals surface area contributed by atoms with Gasteiger partial charge in [-0.25, -0.2) is 0 Å². The number of benzene rings is 4. The number of aliphatic hydroxyl groups excluding tert-OH is 1. The van der Waals surface area contributed by atoms with E-state index in [1.165, 1.54) is 13.0 Å². The molecule has 6 aromatic rings. The van der Waals surface area contributed by atoms with Crippen LogP contribution in [0.25, 0.3) is 44.1 Å². The molecule has 0 fully saturated rings. The Labute approximate surface area is 226 Å². The minimum absolute atomic E-state index is 0.0896. The minimum Gasteiger partial charge on any atom is -0.511 e. The van der Waals surface area contributed by atoms with E-state index in [1.807, 2.05) is 109 Å². The molecule has 4 nitrogen and oxygen atoms in total. The van der Waals surface area contributed by atoms with E-state index in [9.17, 15) is 9.90 Å². The van der Waals surface area contributed by atoms with Gasteiger partial charge in [-0.3, -0.25) is 14.8 Å². The van der Waals surface area contributed by atoms with Crippen molar-refractivity contribution in [1.29, 1.82) is 0 Å². The van der Waals surface area contributed by atoms with Crippen LogP contribution in [0.1, 0.15) is 24.2 Å². The van der Waals surface area contributed by atoms with E-state index in [4.69, 9.17) is 9.97 Å². The zero-order chi connectivity index (χ0) is 26.8. The summed E-state index contributed by atoms with van der Waals surface area (Å²) in [4.78, 5) is 22.5. The monoisotopic (exact) mass is 506 g/mol. The largest absolute Gasteiger partial charge is 0.511 e. The second-order valence-electron chi connectivity index (χ2n) is 9.57. The lowest BCUT2D eigenvalue weighted by atomic mass is 9.89. The van der Waals surface area contributed by atoms with Crippen LogP contribution >= 0.6 is 0 Å². The van der Waals surface area contributed by atoms with Gasteiger partial charge in [-0.2, -0.15) is 0 Å². The van der Waals surface area contributed by atoms with Gasteiger partial charge in [0, 0.05) is 28.0 Å². The molecule has 0 amide bonds. The highest BCUT2D eigenvalue weighted by atomic mass is 16.3. The highest BCUT2D eigenvalue weighted by Crippen LogP contribution is 2.39. The van der Waals surface area contributed by atoms with Crippen molar-refractivity contribution in [2.45, 2.75) is 12.8 Å². The molecule has 0 aliphatic heterocycles. The maximum absolute atomic E-state index is 12.2. The molecule has 0 aliphatic carbocycles. The maximum Gasteiger partial charge on any atom is 0.155 e. The SMILES string of the molecule is CC(=O)C=C(O)C(c1nc(-c2ccccc2)cc2ccccc12)c1nc(-c2ccccc2)cc2ccccc12. The van der Waals surface area contributed by atoms with Crippen molar-refractivity contribution in [3.63, 3.8) is 0 Å². The van der Waals surface area contributed by atoms with E-state index in [2.05, 4.69) is 12.1 Å². The van der Waals surface area contributed by atoms with Crippen molar-refractivity contribution in [3.8, 4) is 22.5 Å². The van der Waals surface area contributed by atoms with Gasteiger partial charge in [0.1, 0.15) is 11.7 Å². The van der Waals surface area contributed by atoms with Gasteiger partial charge < -0.3 is 5.11 Å². The molecule has 2 aromatic heterocycles. The van der Waals surface area contributed by atoms with Crippen LogP contribution in [0, 0.1) is 0 Å². The first-order chi connectivity index (χ1) is 19.1. The summed E-state index contributed by atoms with van der Waals surface area (Å²) >= 11 is 0. The lowest BCUT2D eigenvalue weighted by molar-refractivity contribution is -0.112. The number of pyridine rings is 2. The average molecular weight is 507 g/mol. The van der Waals surface area contributed by atoms with Crippen molar-refractivity contribution in [2.75, 3.05) is 0 Å². The highest BCUT2D eigenvalue weighted by molar-refractivity contribution is 5.93. The van der Waals surface area contributed by atoms with Crippen molar-refractivity contribution < 1.29 is 9.90 Å². The lowest BCUT2D eigenvalue weighted by Crippen LogP contribution is -2.12. The number of nitrogens with zero attached hydrogens (tertiary/aromatic N) is 2. The van der Waals surface area contributed by atoms with Gasteiger partial charge in [-0.1, -0.05) is 109 Å². The molecular weight excluding hydrogens is 480 g/mol. The van der Waals surface area contributed by atoms with E-state index in [0.29, 0.717) is 11.4 Å². The molecule has 39 heavy (non-hydrogen) atoms. The predicted molar refractivity (Wildman–Crippen MR) is 158 cm³/mol. The molecule has 188 valence electrons. The molecule has 0 saturated heterocycles. The van der Waals surface area contributed by atoms with Crippen LogP contribution in [0.4, 0.5) is 0 Å². The molecule has 0 aliphatic rings. The van der Waals surface area contributed by atoms with E-state index in [1.54, 1.807) is 0 Å². The lowest BCUT2D eigenvalue weighted by Gasteiger charge is -2.21. The molecule has 2 heterocycles. The summed E-state index contributed by atoms with van der Waals surface area (Å²) in [5.74, 6) is -1.10. The van der Waals surface area contributed by atoms with Gasteiger partial charge in [0.05, 0.1) is 22.8 Å². The molecule has 1 N–H and O–H groups in total. The summed E-state index contributed by atoms with van der Waals surface area (Å²) in [6.07, 6.45) is 1.28. The second-order valence-corrected chi connectivity index (χ2v) is 9.57. The van der Waals surface area contributed by atoms with Crippen molar-refractivity contribution in [1.82, 2.24) is 9.97 Å². The van der Waals surface area contributed by atoms with E-state index < -0.39 is 5.92 Å². The van der Waals surface area contributed by atoms with E-state index >= 15 is 0 Å². The minimum atomic E-state index is -0.768. The Balaban J connectivity index is 1.70. The molecule has 0 radical (unpaired) electrons. The molecule has 4 heteroatoms. The van der Waals surface area contributed by atoms with Crippen LogP contribution in [-0.2, 0) is 4.79 Å². The zero-order valence-corrected chi connectivity index (χ0v) is 21.5. The van der Waals surface area contributed by atoms with E-state index in [-0.39, 0.29) is 11.5 Å². The summed E-state index contributed by atoms with van der Waals surface area (Å²) in [5.41, 5.74) is 4.79. The smallest absolute Gasteiger partial charge is 0.155 e. The van der Waals surface area contributed by atoms with Gasteiger partial charge in [-0.05, 0) is 29.8 Å². The van der Waals surface area contributed by atoms with Crippen LogP contribution in [0.2, 0.25) is 0 Å². The van der Waals surface area contributed by atoms with E-state index in [0.717, 1.165) is 44.1 Å². The Morgan fingerprint density at radius 2 is 1.05 bits per heavy atom. The summed E-state index contributed by atoms with van der Waals surface area (Å²) < 4.78 is 0. The molecule has 4 aromatic carbocycles. The predicted octanol–water partition coefficient (Wildman–Crippen LogP) is 8.28. The first-order valence-electron chi connectivity index (χ1n) is 12.9. The summed E-state index contributed by atoms with van der Waals surface area (Å²) in [7, 11) is 0. The Morgan fingerprint density at radius 1 is 0.641 bits per heavy atom. The Morgan fingerprint density at radius 3 is 1.49 bits per heavy atom.